The Kier molecular flexibility index (Phi) is 5.65. The van der Waals surface area contributed by atoms with Crippen molar-refractivity contribution in [2.45, 2.75) is 29.4 Å². The van der Waals surface area contributed by atoms with E-state index in [2.05, 4.69) is 6.92 Å². The van der Waals surface area contributed by atoms with Gasteiger partial charge in [-0.1, -0.05) is 24.6 Å². The lowest BCUT2D eigenvalue weighted by Crippen LogP contribution is -2.41. The first-order chi connectivity index (χ1) is 9.48. The van der Waals surface area contributed by atoms with Crippen LogP contribution >= 0.6 is 35.0 Å². The first-order valence-corrected chi connectivity index (χ1v) is 9.85. The number of thioether (sulfide) groups is 1. The molecule has 1 fully saturated rings. The van der Waals surface area contributed by atoms with Crippen molar-refractivity contribution in [2.24, 2.45) is 0 Å². The summed E-state index contributed by atoms with van der Waals surface area (Å²) in [6, 6.07) is 4.76. The number of hydrogen-bond donors (Lipinski definition) is 0. The average molecular weight is 354 g/mol. The Balaban J connectivity index is 2.28. The lowest BCUT2D eigenvalue weighted by atomic mass is 10.2. The molecule has 1 aromatic carbocycles. The van der Waals surface area contributed by atoms with Crippen LogP contribution in [0.1, 0.15) is 18.9 Å². The molecule has 7 heteroatoms. The number of alkyl halides is 1. The van der Waals surface area contributed by atoms with E-state index in [0.717, 1.165) is 17.7 Å². The molecular weight excluding hydrogens is 337 g/mol. The summed E-state index contributed by atoms with van der Waals surface area (Å²) in [5.41, 5.74) is 0.743. The molecule has 0 spiro atoms. The number of nitrogens with zero attached hydrogens (tertiary/aromatic N) is 1. The summed E-state index contributed by atoms with van der Waals surface area (Å²) in [4.78, 5) is 0.248. The van der Waals surface area contributed by atoms with Crippen LogP contribution in [-0.4, -0.2) is 36.8 Å². The van der Waals surface area contributed by atoms with Gasteiger partial charge in [0.1, 0.15) is 0 Å². The Bertz CT molecular complexity index is 578. The summed E-state index contributed by atoms with van der Waals surface area (Å²) < 4.78 is 26.8. The van der Waals surface area contributed by atoms with Gasteiger partial charge >= 0.3 is 0 Å². The molecule has 112 valence electrons. The Morgan fingerprint density at radius 3 is 2.80 bits per heavy atom. The van der Waals surface area contributed by atoms with Gasteiger partial charge in [-0.25, -0.2) is 8.42 Å². The first-order valence-electron chi connectivity index (χ1n) is 6.45. The van der Waals surface area contributed by atoms with Crippen molar-refractivity contribution >= 4 is 45.0 Å². The Morgan fingerprint density at radius 2 is 2.20 bits per heavy atom. The number of halogens is 2. The Labute approximate surface area is 134 Å². The summed E-state index contributed by atoms with van der Waals surface area (Å²) in [6.45, 7) is 3.21. The predicted molar refractivity (Wildman–Crippen MR) is 86.3 cm³/mol. The van der Waals surface area contributed by atoms with Crippen molar-refractivity contribution in [2.75, 3.05) is 18.8 Å². The normalized spacial score (nSPS) is 21.1. The number of rotatable bonds is 4. The molecule has 0 saturated carbocycles. The molecule has 3 nitrogen and oxygen atoms in total. The molecule has 1 aliphatic rings. The van der Waals surface area contributed by atoms with Crippen molar-refractivity contribution in [3.8, 4) is 0 Å². The van der Waals surface area contributed by atoms with E-state index in [1.165, 1.54) is 6.07 Å². The molecule has 1 atom stereocenters. The highest BCUT2D eigenvalue weighted by molar-refractivity contribution is 8.00. The third-order valence-corrected chi connectivity index (χ3v) is 7.24. The molecule has 1 heterocycles. The van der Waals surface area contributed by atoms with Gasteiger partial charge in [-0.3, -0.25) is 0 Å². The third-order valence-electron chi connectivity index (χ3n) is 3.36. The summed E-state index contributed by atoms with van der Waals surface area (Å²) >= 11 is 13.6. The van der Waals surface area contributed by atoms with Gasteiger partial charge < -0.3 is 0 Å². The summed E-state index contributed by atoms with van der Waals surface area (Å²) in [6.07, 6.45) is 0.975. The van der Waals surface area contributed by atoms with Crippen molar-refractivity contribution in [3.63, 3.8) is 0 Å². The third kappa shape index (κ3) is 3.45. The number of benzene rings is 1. The average Bonchev–Trinajstić information content (AvgIpc) is 2.47. The molecular formula is C13H17Cl2NO2S2. The maximum atomic E-state index is 12.6. The second-order valence-electron chi connectivity index (χ2n) is 4.65. The molecule has 1 aromatic rings. The molecule has 1 unspecified atom stereocenters. The molecule has 2 rings (SSSR count). The summed E-state index contributed by atoms with van der Waals surface area (Å²) in [5, 5.41) is 0.774. The maximum Gasteiger partial charge on any atom is 0.243 e. The molecule has 20 heavy (non-hydrogen) atoms. The van der Waals surface area contributed by atoms with Gasteiger partial charge in [0.25, 0.3) is 0 Å². The van der Waals surface area contributed by atoms with E-state index in [0.29, 0.717) is 23.4 Å². The number of sulfonamides is 1. The van der Waals surface area contributed by atoms with Crippen molar-refractivity contribution in [1.29, 1.82) is 0 Å². The fraction of sp³-hybridized carbons (Fsp3) is 0.538. The van der Waals surface area contributed by atoms with Crippen LogP contribution in [0.4, 0.5) is 0 Å². The zero-order valence-corrected chi connectivity index (χ0v) is 14.3. The van der Waals surface area contributed by atoms with E-state index in [9.17, 15) is 8.42 Å². The van der Waals surface area contributed by atoms with Crippen LogP contribution in [0, 0.1) is 0 Å². The van der Waals surface area contributed by atoms with E-state index in [4.69, 9.17) is 23.2 Å². The van der Waals surface area contributed by atoms with E-state index in [1.807, 2.05) is 11.8 Å². The minimum absolute atomic E-state index is 0.248. The highest BCUT2D eigenvalue weighted by Gasteiger charge is 2.30. The van der Waals surface area contributed by atoms with E-state index in [-0.39, 0.29) is 10.8 Å². The van der Waals surface area contributed by atoms with Gasteiger partial charge in [-0.05, 0) is 24.1 Å². The molecule has 0 radical (unpaired) electrons. The maximum absolute atomic E-state index is 12.6. The van der Waals surface area contributed by atoms with Gasteiger partial charge in [0.15, 0.2) is 0 Å². The van der Waals surface area contributed by atoms with Crippen LogP contribution < -0.4 is 0 Å². The van der Waals surface area contributed by atoms with E-state index >= 15 is 0 Å². The lowest BCUT2D eigenvalue weighted by Gasteiger charge is -2.31. The van der Waals surface area contributed by atoms with Crippen LogP contribution in [0.3, 0.4) is 0 Å². The second kappa shape index (κ2) is 6.88. The minimum atomic E-state index is -3.46. The molecule has 1 saturated heterocycles. The topological polar surface area (TPSA) is 37.4 Å². The van der Waals surface area contributed by atoms with Crippen LogP contribution in [0.15, 0.2) is 23.1 Å². The van der Waals surface area contributed by atoms with Gasteiger partial charge in [-0.15, -0.1) is 11.6 Å². The number of hydrogen-bond acceptors (Lipinski definition) is 3. The monoisotopic (exact) mass is 353 g/mol. The predicted octanol–water partition coefficient (Wildman–Crippen LogP) is 3.59. The summed E-state index contributed by atoms with van der Waals surface area (Å²) in [5.74, 6) is 1.11. The highest BCUT2D eigenvalue weighted by Crippen LogP contribution is 2.28. The van der Waals surface area contributed by atoms with Gasteiger partial charge in [-0.2, -0.15) is 16.1 Å². The van der Waals surface area contributed by atoms with Crippen LogP contribution in [0.25, 0.3) is 0 Å². The minimum Gasteiger partial charge on any atom is -0.207 e. The first kappa shape index (κ1) is 16.4. The molecule has 1 aliphatic heterocycles. The van der Waals surface area contributed by atoms with Crippen LogP contribution in [-0.2, 0) is 15.9 Å². The Hall–Kier alpha value is 0.0600. The smallest absolute Gasteiger partial charge is 0.207 e. The van der Waals surface area contributed by atoms with Crippen LogP contribution in [0.2, 0.25) is 5.02 Å². The zero-order chi connectivity index (χ0) is 14.8. The molecule has 0 N–H and O–H groups in total. The van der Waals surface area contributed by atoms with Crippen molar-refractivity contribution < 1.29 is 8.42 Å². The molecule has 0 amide bonds. The van der Waals surface area contributed by atoms with Crippen molar-refractivity contribution in [1.82, 2.24) is 4.31 Å². The fourth-order valence-electron chi connectivity index (χ4n) is 2.10. The largest absolute Gasteiger partial charge is 0.243 e. The Morgan fingerprint density at radius 1 is 1.45 bits per heavy atom. The highest BCUT2D eigenvalue weighted by atomic mass is 35.5. The fourth-order valence-corrected chi connectivity index (χ4v) is 5.62. The lowest BCUT2D eigenvalue weighted by molar-refractivity contribution is 0.416. The SMILES string of the molecule is CCC1CN(S(=O)(=O)c2ccc(CCl)c(Cl)c2)CCS1. The van der Waals surface area contributed by atoms with E-state index < -0.39 is 10.0 Å². The summed E-state index contributed by atoms with van der Waals surface area (Å²) in [7, 11) is -3.46. The molecule has 0 bridgehead atoms. The second-order valence-corrected chi connectivity index (χ2v) is 8.67. The van der Waals surface area contributed by atoms with Crippen LogP contribution in [0.5, 0.6) is 0 Å². The van der Waals surface area contributed by atoms with Crippen molar-refractivity contribution in [3.05, 3.63) is 28.8 Å². The van der Waals surface area contributed by atoms with Gasteiger partial charge in [0.05, 0.1) is 4.90 Å². The van der Waals surface area contributed by atoms with Gasteiger partial charge in [0, 0.05) is 35.0 Å². The molecule has 0 aliphatic carbocycles. The van der Waals surface area contributed by atoms with Gasteiger partial charge in [0.2, 0.25) is 10.0 Å². The quantitative estimate of drug-likeness (QED) is 0.776. The molecule has 0 aromatic heterocycles. The zero-order valence-electron chi connectivity index (χ0n) is 11.2. The van der Waals surface area contributed by atoms with E-state index in [1.54, 1.807) is 16.4 Å². The standard InChI is InChI=1S/C13H17Cl2NO2S2/c1-2-11-9-16(5-6-19-11)20(17,18)12-4-3-10(8-14)13(15)7-12/h3-4,7,11H,2,5-6,8-9H2,1H3.